The number of carbonyl (C=O) groups is 4. The Morgan fingerprint density at radius 1 is 0.537 bits per heavy atom. The molecule has 0 aromatic heterocycles. The van der Waals surface area contributed by atoms with Gasteiger partial charge in [0.15, 0.2) is 0 Å². The Hall–Kier alpha value is -5.74. The number of hydrogen-bond acceptors (Lipinski definition) is 8. The molecule has 0 saturated heterocycles. The number of nitrogens with one attached hydrogen (secondary N) is 4. The average molecular weight is 779 g/mol. The first kappa shape index (κ1) is 41.0. The predicted octanol–water partition coefficient (Wildman–Crippen LogP) is 6.73. The largest absolute Gasteiger partial charge is 0.478 e. The van der Waals surface area contributed by atoms with Gasteiger partial charge in [0, 0.05) is 24.2 Å². The monoisotopic (exact) mass is 778 g/mol. The van der Waals surface area contributed by atoms with Crippen LogP contribution in [0.25, 0.3) is 0 Å². The maximum Gasteiger partial charge on any atom is 0.337 e. The number of hydrogen-bond donors (Lipinski definition) is 6. The van der Waals surface area contributed by atoms with Crippen molar-refractivity contribution in [2.45, 2.75) is 75.0 Å². The molecule has 14 nitrogen and oxygen atoms in total. The van der Waals surface area contributed by atoms with Crippen molar-refractivity contribution in [2.24, 2.45) is 0 Å². The van der Waals surface area contributed by atoms with Crippen LogP contribution in [0.4, 0.5) is 22.7 Å². The molecule has 0 heterocycles. The molecule has 0 aliphatic heterocycles. The number of sulfonamides is 2. The van der Waals surface area contributed by atoms with Crippen molar-refractivity contribution in [3.05, 3.63) is 107 Å². The van der Waals surface area contributed by atoms with Gasteiger partial charge in [-0.3, -0.25) is 19.0 Å². The normalized spacial score (nSPS) is 11.4. The third-order valence-electron chi connectivity index (χ3n) is 8.24. The molecule has 0 aliphatic carbocycles. The third-order valence-corrected chi connectivity index (χ3v) is 11.0. The van der Waals surface area contributed by atoms with E-state index in [0.717, 1.165) is 61.8 Å². The van der Waals surface area contributed by atoms with Crippen LogP contribution in [0.5, 0.6) is 0 Å². The number of aromatic carboxylic acids is 2. The standard InChI is InChI=1S/C38H42N4O10S2/c1-3-5-7-25-9-15-29(16-10-25)53(49,50)41-28-14-19-33(31(24-28)37(45)46)40-36(44)22-21-35(43)39-27-13-20-34(32(23-27)38(47)48)42-54(51,52)30-17-11-26(12-18-30)8-6-4-2/h9-20,23-24,41-42H,3-8,21-22H2,1-2H3,(H,39,43)(H,40,44)(H,45,46)(H,47,48). The number of anilines is 4. The summed E-state index contributed by atoms with van der Waals surface area (Å²) in [4.78, 5) is 49.3. The second kappa shape index (κ2) is 18.3. The maximum absolute atomic E-state index is 13.0. The number of rotatable bonds is 19. The Morgan fingerprint density at radius 2 is 0.963 bits per heavy atom. The van der Waals surface area contributed by atoms with Crippen LogP contribution in [0.1, 0.15) is 84.2 Å². The quantitative estimate of drug-likeness (QED) is 0.0589. The molecule has 0 bridgehead atoms. The zero-order chi connectivity index (χ0) is 39.5. The maximum atomic E-state index is 13.0. The summed E-state index contributed by atoms with van der Waals surface area (Å²) in [5, 5.41) is 24.4. The number of aryl methyl sites for hydroxylation is 2. The summed E-state index contributed by atoms with van der Waals surface area (Å²) in [6.07, 6.45) is 4.75. The molecule has 16 heteroatoms. The van der Waals surface area contributed by atoms with Crippen molar-refractivity contribution < 1.29 is 46.2 Å². The van der Waals surface area contributed by atoms with E-state index in [1.807, 2.05) is 0 Å². The van der Waals surface area contributed by atoms with E-state index in [1.165, 1.54) is 48.5 Å². The average Bonchev–Trinajstić information content (AvgIpc) is 3.13. The lowest BCUT2D eigenvalue weighted by molar-refractivity contribution is -0.121. The first-order chi connectivity index (χ1) is 25.6. The predicted molar refractivity (Wildman–Crippen MR) is 205 cm³/mol. The van der Waals surface area contributed by atoms with Crippen molar-refractivity contribution in [1.29, 1.82) is 0 Å². The smallest absolute Gasteiger partial charge is 0.337 e. The summed E-state index contributed by atoms with van der Waals surface area (Å²) in [5.74, 6) is -4.30. The van der Waals surface area contributed by atoms with Gasteiger partial charge in [-0.05, 0) is 97.5 Å². The molecule has 286 valence electrons. The number of carboxylic acid groups (broad SMARTS) is 2. The highest BCUT2D eigenvalue weighted by Gasteiger charge is 2.21. The van der Waals surface area contributed by atoms with Crippen LogP contribution in [-0.4, -0.2) is 50.8 Å². The van der Waals surface area contributed by atoms with Crippen molar-refractivity contribution in [3.63, 3.8) is 0 Å². The number of benzene rings is 4. The second-order valence-electron chi connectivity index (χ2n) is 12.4. The molecule has 2 amide bonds. The minimum atomic E-state index is -4.13. The molecular formula is C38H42N4O10S2. The summed E-state index contributed by atoms with van der Waals surface area (Å²) in [5.41, 5.74) is 0.763. The Morgan fingerprint density at radius 3 is 1.46 bits per heavy atom. The van der Waals surface area contributed by atoms with Crippen molar-refractivity contribution in [3.8, 4) is 0 Å². The van der Waals surface area contributed by atoms with Gasteiger partial charge >= 0.3 is 11.9 Å². The van der Waals surface area contributed by atoms with Crippen LogP contribution in [0.15, 0.2) is 94.7 Å². The van der Waals surface area contributed by atoms with E-state index in [1.54, 1.807) is 24.3 Å². The van der Waals surface area contributed by atoms with E-state index < -0.39 is 61.3 Å². The fourth-order valence-electron chi connectivity index (χ4n) is 5.29. The molecule has 4 aromatic carbocycles. The van der Waals surface area contributed by atoms with E-state index in [-0.39, 0.29) is 39.0 Å². The van der Waals surface area contributed by atoms with Crippen molar-refractivity contribution >= 4 is 66.5 Å². The number of carboxylic acids is 2. The Labute approximate surface area is 314 Å². The van der Waals surface area contributed by atoms with Crippen molar-refractivity contribution in [2.75, 3.05) is 20.1 Å². The van der Waals surface area contributed by atoms with E-state index in [4.69, 9.17) is 0 Å². The summed E-state index contributed by atoms with van der Waals surface area (Å²) in [6, 6.07) is 19.8. The fraction of sp³-hybridized carbons (Fsp3) is 0.263. The van der Waals surface area contributed by atoms with Gasteiger partial charge < -0.3 is 20.8 Å². The third kappa shape index (κ3) is 11.4. The highest BCUT2D eigenvalue weighted by molar-refractivity contribution is 7.93. The van der Waals surface area contributed by atoms with Gasteiger partial charge in [-0.1, -0.05) is 51.0 Å². The Balaban J connectivity index is 1.36. The molecule has 0 fully saturated rings. The van der Waals surface area contributed by atoms with Gasteiger partial charge in [-0.2, -0.15) is 0 Å². The lowest BCUT2D eigenvalue weighted by Gasteiger charge is -2.14. The number of carbonyl (C=O) groups excluding carboxylic acids is 2. The summed E-state index contributed by atoms with van der Waals surface area (Å²) >= 11 is 0. The lowest BCUT2D eigenvalue weighted by atomic mass is 10.1. The molecule has 0 radical (unpaired) electrons. The number of unbranched alkanes of at least 4 members (excludes halogenated alkanes) is 2. The topological polar surface area (TPSA) is 225 Å². The summed E-state index contributed by atoms with van der Waals surface area (Å²) in [6.45, 7) is 4.11. The molecule has 0 aliphatic rings. The first-order valence-corrected chi connectivity index (χ1v) is 20.2. The van der Waals surface area contributed by atoms with E-state index in [9.17, 15) is 46.2 Å². The molecule has 0 saturated carbocycles. The first-order valence-electron chi connectivity index (χ1n) is 17.2. The molecule has 0 unspecified atom stereocenters. The van der Waals surface area contributed by atoms with E-state index in [2.05, 4.69) is 33.9 Å². The second-order valence-corrected chi connectivity index (χ2v) is 15.8. The zero-order valence-corrected chi connectivity index (χ0v) is 31.3. The summed E-state index contributed by atoms with van der Waals surface area (Å²) in [7, 11) is -8.18. The molecule has 54 heavy (non-hydrogen) atoms. The SMILES string of the molecule is CCCCc1ccc(S(=O)(=O)Nc2ccc(NC(=O)CCC(=O)Nc3ccc(NS(=O)(=O)c4ccc(CCCC)cc4)c(C(=O)O)c3)c(C(=O)O)c2)cc1. The van der Waals surface area contributed by atoms with Crippen LogP contribution < -0.4 is 20.1 Å². The minimum Gasteiger partial charge on any atom is -0.478 e. The molecule has 0 spiro atoms. The van der Waals surface area contributed by atoms with Gasteiger partial charge in [0.2, 0.25) is 11.8 Å². The van der Waals surface area contributed by atoms with E-state index >= 15 is 0 Å². The van der Waals surface area contributed by atoms with Gasteiger partial charge in [0.05, 0.1) is 32.3 Å². The molecular weight excluding hydrogens is 737 g/mol. The van der Waals surface area contributed by atoms with Crippen LogP contribution in [-0.2, 0) is 42.5 Å². The summed E-state index contributed by atoms with van der Waals surface area (Å²) < 4.78 is 56.5. The van der Waals surface area contributed by atoms with Crippen LogP contribution in [0, 0.1) is 0 Å². The van der Waals surface area contributed by atoms with Crippen LogP contribution in [0.3, 0.4) is 0 Å². The minimum absolute atomic E-state index is 0.00543. The lowest BCUT2D eigenvalue weighted by Crippen LogP contribution is -2.19. The molecule has 4 rings (SSSR count). The highest BCUT2D eigenvalue weighted by atomic mass is 32.2. The molecule has 0 atom stereocenters. The molecule has 6 N–H and O–H groups in total. The molecule has 4 aromatic rings. The van der Waals surface area contributed by atoms with Gasteiger partial charge in [-0.15, -0.1) is 0 Å². The van der Waals surface area contributed by atoms with Crippen LogP contribution >= 0.6 is 0 Å². The van der Waals surface area contributed by atoms with Gasteiger partial charge in [0.1, 0.15) is 0 Å². The van der Waals surface area contributed by atoms with E-state index in [0.29, 0.717) is 0 Å². The van der Waals surface area contributed by atoms with Crippen molar-refractivity contribution in [1.82, 2.24) is 0 Å². The Kier molecular flexibility index (Phi) is 13.9. The fourth-order valence-corrected chi connectivity index (χ4v) is 7.42. The number of amides is 2. The Bertz CT molecular complexity index is 2220. The zero-order valence-electron chi connectivity index (χ0n) is 29.7. The van der Waals surface area contributed by atoms with Crippen LogP contribution in [0.2, 0.25) is 0 Å². The highest BCUT2D eigenvalue weighted by Crippen LogP contribution is 2.26. The van der Waals surface area contributed by atoms with Gasteiger partial charge in [-0.25, -0.2) is 26.4 Å². The van der Waals surface area contributed by atoms with Gasteiger partial charge in [0.25, 0.3) is 20.0 Å².